The van der Waals surface area contributed by atoms with Gasteiger partial charge in [-0.15, -0.1) is 0 Å². The van der Waals surface area contributed by atoms with E-state index >= 15 is 0 Å². The standard InChI is InChI=1S/C67H127N13O19/c1-51(79-90)66(3,4)76-45-54(46-77-67(5,6)52(2)80-91)78-59(83)27-20-24-55(81)44-53(65(89)75-30-18-15-26-58(71-8)64(69)88)22-13-16-28-72-60(84)48-98-42-38-95-39-43-99-50-62(86)74-31-21-33-93-35-34-92-32-19-11-9-10-12-23-56(82)47-96-40-36-94-37-41-97-49-61(85)73-29-17-14-25-57(70-7)63(68)87/h53-54,57-58,70-71,76-77,90-91H,9-50H2,1-8H3,(H2,68,87)(H2,69,88)(H,72,84)(H,73,85)(H,74,86)(H,75,89)(H,78,83)/b79-51+,80-52+/t53-,57+,58+/m1/s1. The number of carbonyl (C=O) groups excluding carboxylic acids is 9. The number of nitrogens with one attached hydrogen (secondary N) is 9. The van der Waals surface area contributed by atoms with E-state index in [1.54, 1.807) is 27.9 Å². The predicted octanol–water partition coefficient (Wildman–Crippen LogP) is 1.21. The Labute approximate surface area is 587 Å². The largest absolute Gasteiger partial charge is 0.411 e. The number of hydrogen-bond donors (Lipinski definition) is 13. The maximum Gasteiger partial charge on any atom is 0.246 e. The first-order chi connectivity index (χ1) is 47.4. The number of Topliss-reactive ketones (excluding diaryl/α,β-unsaturated/α-hetero) is 2. The smallest absolute Gasteiger partial charge is 0.246 e. The molecule has 0 fully saturated rings. The maximum absolute atomic E-state index is 13.4. The highest BCUT2D eigenvalue weighted by molar-refractivity contribution is 5.91. The number of nitrogens with two attached hydrogens (primary N) is 2. The van der Waals surface area contributed by atoms with E-state index in [-0.39, 0.29) is 132 Å². The molecule has 3 atom stereocenters. The summed E-state index contributed by atoms with van der Waals surface area (Å²) in [7, 11) is 3.34. The minimum atomic E-state index is -0.685. The van der Waals surface area contributed by atoms with E-state index in [0.717, 1.165) is 44.9 Å². The second kappa shape index (κ2) is 60.8. The maximum atomic E-state index is 13.4. The molecule has 0 aromatic rings. The Bertz CT molecular complexity index is 2250. The summed E-state index contributed by atoms with van der Waals surface area (Å²) >= 11 is 0. The molecule has 7 amide bonds. The minimum absolute atomic E-state index is 0.0233. The van der Waals surface area contributed by atoms with Gasteiger partial charge < -0.3 is 108 Å². The highest BCUT2D eigenvalue weighted by Gasteiger charge is 2.28. The van der Waals surface area contributed by atoms with Gasteiger partial charge in [0.2, 0.25) is 41.4 Å². The molecule has 32 nitrogen and oxygen atoms in total. The molecule has 0 saturated carbocycles. The summed E-state index contributed by atoms with van der Waals surface area (Å²) in [5, 5.41) is 52.0. The van der Waals surface area contributed by atoms with Gasteiger partial charge in [-0.3, -0.25) is 43.2 Å². The zero-order valence-corrected chi connectivity index (χ0v) is 60.9. The van der Waals surface area contributed by atoms with Crippen LogP contribution in [0.2, 0.25) is 0 Å². The van der Waals surface area contributed by atoms with Crippen LogP contribution >= 0.6 is 0 Å². The van der Waals surface area contributed by atoms with Crippen LogP contribution in [0.25, 0.3) is 0 Å². The number of unbranched alkanes of at least 4 members (excludes halogenated alkanes) is 7. The Morgan fingerprint density at radius 2 is 0.778 bits per heavy atom. The fraction of sp³-hybridized carbons (Fsp3) is 0.836. The lowest BCUT2D eigenvalue weighted by Crippen LogP contribution is -2.57. The van der Waals surface area contributed by atoms with Crippen LogP contribution in [-0.4, -0.2) is 263 Å². The normalized spacial score (nSPS) is 13.0. The summed E-state index contributed by atoms with van der Waals surface area (Å²) < 4.78 is 43.7. The number of rotatable bonds is 70. The molecule has 15 N–H and O–H groups in total. The van der Waals surface area contributed by atoms with E-state index in [1.165, 1.54) is 0 Å². The van der Waals surface area contributed by atoms with E-state index in [1.807, 2.05) is 27.7 Å². The fourth-order valence-electron chi connectivity index (χ4n) is 9.38. The third-order valence-electron chi connectivity index (χ3n) is 16.3. The van der Waals surface area contributed by atoms with Gasteiger partial charge in [0, 0.05) is 84.1 Å². The molecule has 0 unspecified atom stereocenters. The number of likely N-dealkylation sites (N-methyl/N-ethyl adjacent to an activating group) is 2. The number of ketones is 2. The Hall–Kier alpha value is -5.91. The van der Waals surface area contributed by atoms with Crippen molar-refractivity contribution in [3.8, 4) is 0 Å². The second-order valence-corrected chi connectivity index (χ2v) is 25.3. The van der Waals surface area contributed by atoms with Gasteiger partial charge in [-0.1, -0.05) is 36.0 Å². The van der Waals surface area contributed by atoms with Gasteiger partial charge in [-0.05, 0) is 133 Å². The highest BCUT2D eigenvalue weighted by Crippen LogP contribution is 2.17. The van der Waals surface area contributed by atoms with Crippen LogP contribution in [0.3, 0.4) is 0 Å². The lowest BCUT2D eigenvalue weighted by Gasteiger charge is -2.32. The van der Waals surface area contributed by atoms with Crippen molar-refractivity contribution in [3.05, 3.63) is 0 Å². The number of ether oxygens (including phenoxy) is 8. The molecular weight excluding hydrogens is 1290 g/mol. The van der Waals surface area contributed by atoms with Gasteiger partial charge in [0.15, 0.2) is 5.78 Å². The van der Waals surface area contributed by atoms with Gasteiger partial charge in [0.1, 0.15) is 32.2 Å². The summed E-state index contributed by atoms with van der Waals surface area (Å²) in [6.07, 6.45) is 11.5. The zero-order valence-electron chi connectivity index (χ0n) is 60.9. The summed E-state index contributed by atoms with van der Waals surface area (Å²) in [6, 6.07) is -1.28. The average molecular weight is 1420 g/mol. The third-order valence-corrected chi connectivity index (χ3v) is 16.3. The molecule has 0 saturated heterocycles. The topological polar surface area (TPSA) is 453 Å². The first-order valence-corrected chi connectivity index (χ1v) is 35.3. The molecule has 0 aliphatic heterocycles. The fourth-order valence-corrected chi connectivity index (χ4v) is 9.38. The minimum Gasteiger partial charge on any atom is -0.411 e. The molecule has 0 radical (unpaired) electrons. The van der Waals surface area contributed by atoms with E-state index in [0.29, 0.717) is 155 Å². The first kappa shape index (κ1) is 93.1. The molecule has 0 aliphatic carbocycles. The van der Waals surface area contributed by atoms with E-state index in [2.05, 4.69) is 58.2 Å². The Kier molecular flexibility index (Phi) is 57.2. The summed E-state index contributed by atoms with van der Waals surface area (Å²) in [6.45, 7) is 16.6. The van der Waals surface area contributed by atoms with Crippen LogP contribution in [0, 0.1) is 5.92 Å². The van der Waals surface area contributed by atoms with Crippen LogP contribution in [0.4, 0.5) is 0 Å². The lowest BCUT2D eigenvalue weighted by molar-refractivity contribution is -0.130. The van der Waals surface area contributed by atoms with Gasteiger partial charge in [0.25, 0.3) is 0 Å². The number of nitrogens with zero attached hydrogens (tertiary/aromatic N) is 2. The molecule has 32 heteroatoms. The second-order valence-electron chi connectivity index (χ2n) is 25.3. The van der Waals surface area contributed by atoms with Crippen LogP contribution in [-0.2, 0) is 81.0 Å². The average Bonchev–Trinajstić information content (AvgIpc) is 0.939. The summed E-state index contributed by atoms with van der Waals surface area (Å²) in [4.78, 5) is 111. The third kappa shape index (κ3) is 53.6. The Morgan fingerprint density at radius 1 is 0.404 bits per heavy atom. The van der Waals surface area contributed by atoms with Gasteiger partial charge in [-0.2, -0.15) is 0 Å². The lowest BCUT2D eigenvalue weighted by atomic mass is 9.93. The van der Waals surface area contributed by atoms with Crippen LogP contribution in [0.5, 0.6) is 0 Å². The SMILES string of the molecule is CN[C@@H](CCCCNC(=O)COCCOCCOCC(=O)CCCCCCCOCCOCCCNC(=O)COCCOCCOCC(=O)NCCCC[C@H](CC(=O)CCCC(=O)NC(CNC(C)(C)/C(C)=N/O)CNC(C)(C)/C(C)=N/O)C(=O)NCCCC[C@H](NC)C(N)=O)C(N)=O. The van der Waals surface area contributed by atoms with Crippen molar-refractivity contribution < 1.29 is 91.5 Å². The van der Waals surface area contributed by atoms with Crippen molar-refractivity contribution in [2.75, 3.05) is 159 Å². The molecule has 0 aromatic heterocycles. The highest BCUT2D eigenvalue weighted by atomic mass is 16.6. The van der Waals surface area contributed by atoms with E-state index in [4.69, 9.17) is 49.4 Å². The van der Waals surface area contributed by atoms with Crippen molar-refractivity contribution in [1.82, 2.24) is 47.9 Å². The van der Waals surface area contributed by atoms with Crippen molar-refractivity contribution in [3.63, 3.8) is 0 Å². The van der Waals surface area contributed by atoms with Gasteiger partial charge in [0.05, 0.1) is 107 Å². The van der Waals surface area contributed by atoms with Crippen LogP contribution in [0.15, 0.2) is 10.3 Å². The number of oxime groups is 2. The van der Waals surface area contributed by atoms with Gasteiger partial charge in [-0.25, -0.2) is 0 Å². The van der Waals surface area contributed by atoms with E-state index < -0.39 is 40.9 Å². The number of carbonyl (C=O) groups is 9. The first-order valence-electron chi connectivity index (χ1n) is 35.3. The molecule has 0 aliphatic rings. The molecule has 0 bridgehead atoms. The van der Waals surface area contributed by atoms with Crippen molar-refractivity contribution in [2.45, 2.75) is 199 Å². The van der Waals surface area contributed by atoms with Crippen molar-refractivity contribution in [2.24, 2.45) is 27.7 Å². The van der Waals surface area contributed by atoms with Crippen LogP contribution in [0.1, 0.15) is 170 Å². The molecule has 0 heterocycles. The molecule has 0 spiro atoms. The monoisotopic (exact) mass is 1420 g/mol. The molecular formula is C67H127N13O19. The van der Waals surface area contributed by atoms with Crippen molar-refractivity contribution >= 4 is 64.3 Å². The number of primary amides is 2. The number of amides is 7. The summed E-state index contributed by atoms with van der Waals surface area (Å²) in [5.41, 5.74) is 10.3. The quantitative estimate of drug-likeness (QED) is 0.0176. The van der Waals surface area contributed by atoms with Crippen LogP contribution < -0.4 is 59.3 Å². The van der Waals surface area contributed by atoms with Crippen molar-refractivity contribution in [1.29, 1.82) is 0 Å². The Morgan fingerprint density at radius 3 is 1.22 bits per heavy atom. The molecule has 99 heavy (non-hydrogen) atoms. The predicted molar refractivity (Wildman–Crippen MR) is 374 cm³/mol. The zero-order chi connectivity index (χ0) is 73.8. The summed E-state index contributed by atoms with van der Waals surface area (Å²) in [5.74, 6) is -2.94. The van der Waals surface area contributed by atoms with E-state index in [9.17, 15) is 53.6 Å². The molecule has 0 rings (SSSR count). The Balaban J connectivity index is 4.21. The molecule has 0 aromatic carbocycles. The number of hydrogen-bond acceptors (Lipinski definition) is 25. The molecule has 574 valence electrons. The van der Waals surface area contributed by atoms with Gasteiger partial charge >= 0.3 is 0 Å².